The van der Waals surface area contributed by atoms with E-state index >= 15 is 0 Å². The van der Waals surface area contributed by atoms with Gasteiger partial charge in [0.05, 0.1) is 19.3 Å². The Morgan fingerprint density at radius 1 is 1.18 bits per heavy atom. The number of imidazole rings is 1. The molecule has 0 aliphatic carbocycles. The number of ether oxygens (including phenoxy) is 3. The number of rotatable bonds is 8. The Morgan fingerprint density at radius 2 is 1.91 bits per heavy atom. The molecule has 34 heavy (non-hydrogen) atoms. The fourth-order valence-corrected chi connectivity index (χ4v) is 3.21. The van der Waals surface area contributed by atoms with Gasteiger partial charge in [0.1, 0.15) is 42.4 Å². The highest BCUT2D eigenvalue weighted by atomic mass is 16.6. The fourth-order valence-electron chi connectivity index (χ4n) is 3.21. The molecule has 1 fully saturated rings. The van der Waals surface area contributed by atoms with Crippen molar-refractivity contribution < 1.29 is 38.8 Å². The summed E-state index contributed by atoms with van der Waals surface area (Å²) in [5, 5.41) is 23.1. The van der Waals surface area contributed by atoms with Crippen molar-refractivity contribution in [3.8, 4) is 0 Å². The third kappa shape index (κ3) is 6.15. The standard InChI is InChI=1S/C20H28N6O8/c1-20(2,3)34-19(31)22-6-10(27)4-5-12(28)32-7-11-14(29)15(30)18(33-11)26-9-25-13-16(21)23-8-24-17(13)26/h8-9,11,14-15,18,29-30H,4-7H2,1-3H3,(H,22,31)(H2,21,23,24)/t11-,14?,15?,18-/m1/s1. The molecule has 3 heterocycles. The van der Waals surface area contributed by atoms with E-state index in [9.17, 15) is 24.6 Å². The monoisotopic (exact) mass is 480 g/mol. The van der Waals surface area contributed by atoms with Crippen LogP contribution in [0.15, 0.2) is 12.7 Å². The molecule has 2 unspecified atom stereocenters. The number of hydrogen-bond acceptors (Lipinski definition) is 12. The van der Waals surface area contributed by atoms with Crippen LogP contribution in [0.2, 0.25) is 0 Å². The highest BCUT2D eigenvalue weighted by Crippen LogP contribution is 2.32. The van der Waals surface area contributed by atoms with E-state index in [0.717, 1.165) is 0 Å². The predicted molar refractivity (Wildman–Crippen MR) is 115 cm³/mol. The minimum Gasteiger partial charge on any atom is -0.463 e. The third-order valence-corrected chi connectivity index (χ3v) is 4.84. The Kier molecular flexibility index (Phi) is 7.64. The summed E-state index contributed by atoms with van der Waals surface area (Å²) in [5.74, 6) is -0.935. The van der Waals surface area contributed by atoms with Gasteiger partial charge in [-0.3, -0.25) is 14.2 Å². The zero-order valence-corrected chi connectivity index (χ0v) is 19.0. The van der Waals surface area contributed by atoms with E-state index in [1.165, 1.54) is 17.2 Å². The first-order valence-electron chi connectivity index (χ1n) is 10.5. The van der Waals surface area contributed by atoms with E-state index < -0.39 is 42.2 Å². The number of ketones is 1. The number of hydrogen-bond donors (Lipinski definition) is 4. The number of alkyl carbamates (subject to hydrolysis) is 1. The van der Waals surface area contributed by atoms with Gasteiger partial charge in [-0.2, -0.15) is 0 Å². The van der Waals surface area contributed by atoms with Crippen LogP contribution in [0.3, 0.4) is 0 Å². The van der Waals surface area contributed by atoms with Crippen molar-refractivity contribution in [2.45, 2.75) is 63.8 Å². The highest BCUT2D eigenvalue weighted by Gasteiger charge is 2.45. The van der Waals surface area contributed by atoms with Gasteiger partial charge in [-0.15, -0.1) is 0 Å². The number of nitrogen functional groups attached to an aromatic ring is 1. The van der Waals surface area contributed by atoms with Gasteiger partial charge in [-0.25, -0.2) is 19.7 Å². The van der Waals surface area contributed by atoms with E-state index in [1.807, 2.05) is 0 Å². The second-order valence-electron chi connectivity index (χ2n) is 8.71. The summed E-state index contributed by atoms with van der Waals surface area (Å²) in [6.45, 7) is 4.45. The van der Waals surface area contributed by atoms with Crippen LogP contribution < -0.4 is 11.1 Å². The van der Waals surface area contributed by atoms with Gasteiger partial charge in [-0.05, 0) is 20.8 Å². The number of aliphatic hydroxyl groups is 2. The number of esters is 1. The van der Waals surface area contributed by atoms with Crippen LogP contribution in [0.25, 0.3) is 11.2 Å². The van der Waals surface area contributed by atoms with Crippen molar-refractivity contribution >= 4 is 34.8 Å². The summed E-state index contributed by atoms with van der Waals surface area (Å²) < 4.78 is 17.2. The SMILES string of the molecule is CC(C)(C)OC(=O)NCC(=O)CCC(=O)OC[C@H]1O[C@@H](n2cnc3c(N)ncnc32)C(O)C1O. The average Bonchev–Trinajstić information content (AvgIpc) is 3.30. The molecule has 0 aromatic carbocycles. The maximum atomic E-state index is 12.0. The maximum absolute atomic E-state index is 12.0. The lowest BCUT2D eigenvalue weighted by molar-refractivity contribution is -0.150. The number of carbonyl (C=O) groups excluding carboxylic acids is 3. The fraction of sp³-hybridized carbons (Fsp3) is 0.600. The number of aliphatic hydroxyl groups excluding tert-OH is 2. The van der Waals surface area contributed by atoms with Crippen molar-refractivity contribution in [1.82, 2.24) is 24.8 Å². The lowest BCUT2D eigenvalue weighted by atomic mass is 10.1. The average molecular weight is 480 g/mol. The number of nitrogens with two attached hydrogens (primary N) is 1. The number of amides is 1. The molecule has 186 valence electrons. The first-order valence-corrected chi connectivity index (χ1v) is 10.5. The molecule has 1 aliphatic rings. The van der Waals surface area contributed by atoms with Crippen molar-refractivity contribution in [1.29, 1.82) is 0 Å². The lowest BCUT2D eigenvalue weighted by Gasteiger charge is -2.19. The minimum absolute atomic E-state index is 0.151. The van der Waals surface area contributed by atoms with E-state index in [2.05, 4.69) is 20.3 Å². The second kappa shape index (κ2) is 10.3. The molecule has 5 N–H and O–H groups in total. The number of nitrogens with one attached hydrogen (secondary N) is 1. The van der Waals surface area contributed by atoms with Crippen molar-refractivity contribution in [2.75, 3.05) is 18.9 Å². The number of nitrogens with zero attached hydrogens (tertiary/aromatic N) is 4. The van der Waals surface area contributed by atoms with E-state index in [1.54, 1.807) is 20.8 Å². The first kappa shape index (κ1) is 25.3. The number of Topliss-reactive ketones (excluding diaryl/α,β-unsaturated/α-hetero) is 1. The van der Waals surface area contributed by atoms with Crippen molar-refractivity contribution in [3.05, 3.63) is 12.7 Å². The lowest BCUT2D eigenvalue weighted by Crippen LogP contribution is -2.35. The smallest absolute Gasteiger partial charge is 0.408 e. The number of carbonyl (C=O) groups is 3. The van der Waals surface area contributed by atoms with Gasteiger partial charge in [0, 0.05) is 6.42 Å². The molecule has 3 rings (SSSR count). The largest absolute Gasteiger partial charge is 0.463 e. The van der Waals surface area contributed by atoms with Gasteiger partial charge < -0.3 is 35.5 Å². The second-order valence-corrected chi connectivity index (χ2v) is 8.71. The maximum Gasteiger partial charge on any atom is 0.408 e. The molecule has 14 heteroatoms. The third-order valence-electron chi connectivity index (χ3n) is 4.84. The summed E-state index contributed by atoms with van der Waals surface area (Å²) in [6.07, 6.45) is -3.31. The highest BCUT2D eigenvalue weighted by molar-refractivity contribution is 5.86. The van der Waals surface area contributed by atoms with Gasteiger partial charge >= 0.3 is 12.1 Å². The molecule has 1 saturated heterocycles. The van der Waals surface area contributed by atoms with Crippen LogP contribution in [0.1, 0.15) is 39.8 Å². The molecular formula is C20H28N6O8. The van der Waals surface area contributed by atoms with E-state index in [0.29, 0.717) is 11.2 Å². The normalized spacial score (nSPS) is 22.5. The molecule has 1 aliphatic heterocycles. The quantitative estimate of drug-likeness (QED) is 0.352. The Labute approximate surface area is 194 Å². The summed E-state index contributed by atoms with van der Waals surface area (Å²) in [7, 11) is 0. The molecule has 1 amide bonds. The number of anilines is 1. The van der Waals surface area contributed by atoms with Crippen molar-refractivity contribution in [2.24, 2.45) is 0 Å². The molecule has 0 radical (unpaired) electrons. The number of fused-ring (bicyclic) bond motifs is 1. The Bertz CT molecular complexity index is 1050. The zero-order chi connectivity index (χ0) is 25.0. The Morgan fingerprint density at radius 3 is 2.62 bits per heavy atom. The summed E-state index contributed by atoms with van der Waals surface area (Å²) in [4.78, 5) is 47.4. The van der Waals surface area contributed by atoms with Crippen molar-refractivity contribution in [3.63, 3.8) is 0 Å². The molecule has 14 nitrogen and oxygen atoms in total. The molecular weight excluding hydrogens is 452 g/mol. The Hall–Kier alpha value is -3.36. The van der Waals surface area contributed by atoms with E-state index in [4.69, 9.17) is 19.9 Å². The molecule has 4 atom stereocenters. The number of aromatic nitrogens is 4. The topological polar surface area (TPSA) is 201 Å². The zero-order valence-electron chi connectivity index (χ0n) is 19.0. The molecule has 0 bridgehead atoms. The molecule has 0 spiro atoms. The van der Waals surface area contributed by atoms with Crippen LogP contribution in [-0.2, 0) is 23.8 Å². The summed E-state index contributed by atoms with van der Waals surface area (Å²) in [6, 6.07) is 0. The van der Waals surface area contributed by atoms with Crippen LogP contribution >= 0.6 is 0 Å². The molecule has 2 aromatic rings. The molecule has 0 saturated carbocycles. The van der Waals surface area contributed by atoms with Gasteiger partial charge in [0.2, 0.25) is 0 Å². The van der Waals surface area contributed by atoms with Crippen LogP contribution in [0, 0.1) is 0 Å². The van der Waals surface area contributed by atoms with Gasteiger partial charge in [-0.1, -0.05) is 0 Å². The van der Waals surface area contributed by atoms with Crippen LogP contribution in [0.5, 0.6) is 0 Å². The Balaban J connectivity index is 1.45. The predicted octanol–water partition coefficient (Wildman–Crippen LogP) is -0.555. The molecule has 2 aromatic heterocycles. The van der Waals surface area contributed by atoms with Gasteiger partial charge in [0.25, 0.3) is 0 Å². The summed E-state index contributed by atoms with van der Waals surface area (Å²) in [5.41, 5.74) is 5.68. The van der Waals surface area contributed by atoms with E-state index in [-0.39, 0.29) is 37.6 Å². The minimum atomic E-state index is -1.35. The van der Waals surface area contributed by atoms with Gasteiger partial charge in [0.15, 0.2) is 23.5 Å². The summed E-state index contributed by atoms with van der Waals surface area (Å²) >= 11 is 0. The van der Waals surface area contributed by atoms with Crippen LogP contribution in [0.4, 0.5) is 10.6 Å². The first-order chi connectivity index (χ1) is 16.0. The van der Waals surface area contributed by atoms with Crippen LogP contribution in [-0.4, -0.2) is 84.6 Å².